The second kappa shape index (κ2) is 9.15. The Bertz CT molecular complexity index is 834. The molecule has 26 heavy (non-hydrogen) atoms. The largest absolute Gasteiger partial charge is 0.495 e. The molecule has 138 valence electrons. The smallest absolute Gasteiger partial charge is 0.339 e. The van der Waals surface area contributed by atoms with Crippen LogP contribution in [0, 0.1) is 6.92 Å². The van der Waals surface area contributed by atoms with Crippen LogP contribution in [0.4, 0.5) is 5.69 Å². The summed E-state index contributed by atoms with van der Waals surface area (Å²) in [5.74, 6) is -0.276. The molecule has 1 amide bonds. The highest BCUT2D eigenvalue weighted by Crippen LogP contribution is 2.25. The molecule has 6 nitrogen and oxygen atoms in total. The van der Waals surface area contributed by atoms with Crippen molar-refractivity contribution in [1.29, 1.82) is 0 Å². The third kappa shape index (κ3) is 4.92. The van der Waals surface area contributed by atoms with E-state index in [1.165, 1.54) is 13.2 Å². The minimum atomic E-state index is -1.29. The molecular formula is C19H21NO5S. The van der Waals surface area contributed by atoms with E-state index in [9.17, 15) is 13.8 Å². The summed E-state index contributed by atoms with van der Waals surface area (Å²) in [7, 11) is 0.212. The molecule has 0 unspecified atom stereocenters. The third-order valence-electron chi connectivity index (χ3n) is 3.58. The molecule has 7 heteroatoms. The predicted molar refractivity (Wildman–Crippen MR) is 100 cm³/mol. The maximum atomic E-state index is 12.3. The standard InChI is InChI=1S/C19H21NO5S/c1-4-26(23)17-8-6-5-7-14(17)19(22)25-12-18(21)20-15-11-13(2)9-10-16(15)24-3/h5-11H,4,12H2,1-3H3,(H,20,21)/t26-/m1/s1. The quantitative estimate of drug-likeness (QED) is 0.753. The van der Waals surface area contributed by atoms with Gasteiger partial charge in [0, 0.05) is 5.75 Å². The molecule has 0 saturated heterocycles. The molecular weight excluding hydrogens is 354 g/mol. The number of carbonyl (C=O) groups is 2. The number of hydrogen-bond donors (Lipinski definition) is 1. The first-order chi connectivity index (χ1) is 12.5. The van der Waals surface area contributed by atoms with Crippen molar-refractivity contribution in [2.24, 2.45) is 0 Å². The van der Waals surface area contributed by atoms with Gasteiger partial charge < -0.3 is 14.8 Å². The van der Waals surface area contributed by atoms with Gasteiger partial charge in [0.05, 0.1) is 34.1 Å². The Morgan fingerprint density at radius 3 is 2.58 bits per heavy atom. The van der Waals surface area contributed by atoms with Crippen LogP contribution in [0.1, 0.15) is 22.8 Å². The first-order valence-electron chi connectivity index (χ1n) is 8.05. The molecule has 0 bridgehead atoms. The van der Waals surface area contributed by atoms with Gasteiger partial charge in [-0.2, -0.15) is 0 Å². The number of ether oxygens (including phenoxy) is 2. The van der Waals surface area contributed by atoms with Crippen molar-refractivity contribution >= 4 is 28.4 Å². The number of carbonyl (C=O) groups excluding carboxylic acids is 2. The van der Waals surface area contributed by atoms with Crippen LogP contribution in [-0.4, -0.2) is 35.6 Å². The molecule has 0 fully saturated rings. The molecule has 0 aromatic heterocycles. The normalized spacial score (nSPS) is 11.5. The van der Waals surface area contributed by atoms with Gasteiger partial charge in [-0.05, 0) is 36.8 Å². The lowest BCUT2D eigenvalue weighted by atomic mass is 10.2. The topological polar surface area (TPSA) is 81.7 Å². The summed E-state index contributed by atoms with van der Waals surface area (Å²) >= 11 is 0. The Morgan fingerprint density at radius 2 is 1.88 bits per heavy atom. The lowest BCUT2D eigenvalue weighted by Crippen LogP contribution is -2.22. The average Bonchev–Trinajstić information content (AvgIpc) is 2.65. The Hall–Kier alpha value is -2.67. The van der Waals surface area contributed by atoms with Crippen LogP contribution in [-0.2, 0) is 20.3 Å². The van der Waals surface area contributed by atoms with Crippen LogP contribution < -0.4 is 10.1 Å². The fourth-order valence-electron chi connectivity index (χ4n) is 2.30. The Balaban J connectivity index is 2.03. The van der Waals surface area contributed by atoms with Gasteiger partial charge in [-0.15, -0.1) is 0 Å². The Kier molecular flexibility index (Phi) is 6.91. The van der Waals surface area contributed by atoms with E-state index in [0.29, 0.717) is 22.1 Å². The number of hydrogen-bond acceptors (Lipinski definition) is 5. The van der Waals surface area contributed by atoms with Gasteiger partial charge in [-0.25, -0.2) is 4.79 Å². The minimum Gasteiger partial charge on any atom is -0.495 e. The van der Waals surface area contributed by atoms with E-state index in [4.69, 9.17) is 9.47 Å². The number of benzene rings is 2. The van der Waals surface area contributed by atoms with Crippen molar-refractivity contribution in [3.05, 3.63) is 53.6 Å². The van der Waals surface area contributed by atoms with E-state index >= 15 is 0 Å². The maximum absolute atomic E-state index is 12.3. The zero-order valence-electron chi connectivity index (χ0n) is 14.9. The van der Waals surface area contributed by atoms with Gasteiger partial charge in [-0.3, -0.25) is 9.00 Å². The van der Waals surface area contributed by atoms with Crippen LogP contribution in [0.3, 0.4) is 0 Å². The number of anilines is 1. The number of methoxy groups -OCH3 is 1. The molecule has 0 aliphatic carbocycles. The van der Waals surface area contributed by atoms with Crippen molar-refractivity contribution in [2.75, 3.05) is 24.8 Å². The van der Waals surface area contributed by atoms with Crippen LogP contribution in [0.2, 0.25) is 0 Å². The third-order valence-corrected chi connectivity index (χ3v) is 4.95. The van der Waals surface area contributed by atoms with Crippen molar-refractivity contribution < 1.29 is 23.3 Å². The van der Waals surface area contributed by atoms with Crippen LogP contribution in [0.15, 0.2) is 47.4 Å². The van der Waals surface area contributed by atoms with Crippen LogP contribution in [0.25, 0.3) is 0 Å². The summed E-state index contributed by atoms with van der Waals surface area (Å²) < 4.78 is 22.3. The summed E-state index contributed by atoms with van der Waals surface area (Å²) in [6.07, 6.45) is 0. The summed E-state index contributed by atoms with van der Waals surface area (Å²) in [5, 5.41) is 2.66. The van der Waals surface area contributed by atoms with E-state index < -0.39 is 29.3 Å². The molecule has 0 spiro atoms. The summed E-state index contributed by atoms with van der Waals surface area (Å²) in [4.78, 5) is 24.8. The SMILES string of the molecule is CC[S@@](=O)c1ccccc1C(=O)OCC(=O)Nc1cc(C)ccc1OC. The van der Waals surface area contributed by atoms with E-state index in [-0.39, 0.29) is 5.56 Å². The zero-order chi connectivity index (χ0) is 19.1. The summed E-state index contributed by atoms with van der Waals surface area (Å²) in [6.45, 7) is 3.20. The molecule has 2 aromatic carbocycles. The number of nitrogens with one attached hydrogen (secondary N) is 1. The van der Waals surface area contributed by atoms with Crippen molar-refractivity contribution in [3.63, 3.8) is 0 Å². The zero-order valence-corrected chi connectivity index (χ0v) is 15.7. The molecule has 0 aliphatic rings. The average molecular weight is 375 g/mol. The maximum Gasteiger partial charge on any atom is 0.339 e. The van der Waals surface area contributed by atoms with E-state index in [0.717, 1.165) is 5.56 Å². The van der Waals surface area contributed by atoms with Crippen LogP contribution in [0.5, 0.6) is 5.75 Å². The molecule has 0 saturated carbocycles. The summed E-state index contributed by atoms with van der Waals surface area (Å²) in [6, 6.07) is 11.9. The summed E-state index contributed by atoms with van der Waals surface area (Å²) in [5.41, 5.74) is 1.66. The highest BCUT2D eigenvalue weighted by Gasteiger charge is 2.17. The Morgan fingerprint density at radius 1 is 1.15 bits per heavy atom. The van der Waals surface area contributed by atoms with Gasteiger partial charge in [0.2, 0.25) is 0 Å². The van der Waals surface area contributed by atoms with Gasteiger partial charge in [0.1, 0.15) is 5.75 Å². The second-order valence-electron chi connectivity index (χ2n) is 5.46. The molecule has 1 atom stereocenters. The van der Waals surface area contributed by atoms with Crippen molar-refractivity contribution in [3.8, 4) is 5.75 Å². The van der Waals surface area contributed by atoms with Crippen LogP contribution >= 0.6 is 0 Å². The molecule has 1 N–H and O–H groups in total. The molecule has 0 radical (unpaired) electrons. The number of aryl methyl sites for hydroxylation is 1. The second-order valence-corrected chi connectivity index (χ2v) is 7.17. The minimum absolute atomic E-state index is 0.202. The monoisotopic (exact) mass is 375 g/mol. The molecule has 2 aromatic rings. The Labute approximate surface area is 155 Å². The number of esters is 1. The fraction of sp³-hybridized carbons (Fsp3) is 0.263. The van der Waals surface area contributed by atoms with Crippen molar-refractivity contribution in [1.82, 2.24) is 0 Å². The first-order valence-corrected chi connectivity index (χ1v) is 9.37. The molecule has 0 aliphatic heterocycles. The lowest BCUT2D eigenvalue weighted by Gasteiger charge is -2.12. The fourth-order valence-corrected chi connectivity index (χ4v) is 3.24. The van der Waals surface area contributed by atoms with Gasteiger partial charge in [0.25, 0.3) is 5.91 Å². The van der Waals surface area contributed by atoms with E-state index in [2.05, 4.69) is 5.32 Å². The number of rotatable bonds is 7. The van der Waals surface area contributed by atoms with Gasteiger partial charge in [0.15, 0.2) is 6.61 Å². The predicted octanol–water partition coefficient (Wildman–Crippen LogP) is 2.93. The molecule has 0 heterocycles. The highest BCUT2D eigenvalue weighted by atomic mass is 32.2. The van der Waals surface area contributed by atoms with Crippen molar-refractivity contribution in [2.45, 2.75) is 18.7 Å². The van der Waals surface area contributed by atoms with Gasteiger partial charge >= 0.3 is 5.97 Å². The lowest BCUT2D eigenvalue weighted by molar-refractivity contribution is -0.119. The number of amides is 1. The van der Waals surface area contributed by atoms with Gasteiger partial charge in [-0.1, -0.05) is 25.1 Å². The molecule has 2 rings (SSSR count). The van der Waals surface area contributed by atoms with E-state index in [1.807, 2.05) is 13.0 Å². The first kappa shape index (κ1) is 19.7. The highest BCUT2D eigenvalue weighted by molar-refractivity contribution is 7.85. The van der Waals surface area contributed by atoms with E-state index in [1.54, 1.807) is 37.3 Å².